The summed E-state index contributed by atoms with van der Waals surface area (Å²) in [6.45, 7) is 1.35. The molecule has 0 aliphatic heterocycles. The monoisotopic (exact) mass is 263 g/mol. The van der Waals surface area contributed by atoms with Crippen molar-refractivity contribution in [1.82, 2.24) is 5.32 Å². The summed E-state index contributed by atoms with van der Waals surface area (Å²) in [6, 6.07) is 7.38. The summed E-state index contributed by atoms with van der Waals surface area (Å²) in [5.74, 6) is 0.521. The van der Waals surface area contributed by atoms with Crippen LogP contribution < -0.4 is 10.1 Å². The normalized spacial score (nSPS) is 13.4. The van der Waals surface area contributed by atoms with Crippen LogP contribution >= 0.6 is 0 Å². The average Bonchev–Trinajstić information content (AvgIpc) is 2.33. The number of halogens is 3. The molecule has 0 spiro atoms. The molecule has 102 valence electrons. The van der Waals surface area contributed by atoms with Crippen LogP contribution in [0.3, 0.4) is 0 Å². The predicted molar refractivity (Wildman–Crippen MR) is 61.4 cm³/mol. The molecule has 0 amide bonds. The van der Waals surface area contributed by atoms with Crippen LogP contribution in [0, 0.1) is 0 Å². The third-order valence-electron chi connectivity index (χ3n) is 2.43. The molecule has 0 bridgehead atoms. The van der Waals surface area contributed by atoms with Crippen LogP contribution in [0.15, 0.2) is 24.3 Å². The van der Waals surface area contributed by atoms with E-state index in [1.165, 1.54) is 0 Å². The van der Waals surface area contributed by atoms with Crippen LogP contribution in [0.4, 0.5) is 13.2 Å². The molecule has 0 saturated carbocycles. The highest BCUT2D eigenvalue weighted by atomic mass is 19.4. The number of rotatable bonds is 6. The lowest BCUT2D eigenvalue weighted by Gasteiger charge is -2.12. The van der Waals surface area contributed by atoms with E-state index in [2.05, 4.69) is 10.1 Å². The molecule has 6 heteroatoms. The predicted octanol–water partition coefficient (Wildman–Crippen LogP) is 2.88. The Kier molecular flexibility index (Phi) is 5.43. The van der Waals surface area contributed by atoms with Gasteiger partial charge in [-0.1, -0.05) is 12.1 Å². The Morgan fingerprint density at radius 3 is 2.28 bits per heavy atom. The minimum absolute atomic E-state index is 0.138. The molecule has 1 aromatic carbocycles. The minimum atomic E-state index is -4.60. The molecular formula is C12H16F3NO2. The Labute approximate surface area is 104 Å². The highest BCUT2D eigenvalue weighted by Gasteiger charge is 2.28. The standard InChI is InChI=1S/C12H16F3NO2/c1-9(16-2)10-3-5-11(6-4-10)17-7-8-18-12(13,14)15/h3-6,9,16H,7-8H2,1-2H3. The highest BCUT2D eigenvalue weighted by Crippen LogP contribution is 2.18. The summed E-state index contributed by atoms with van der Waals surface area (Å²) in [7, 11) is 1.85. The van der Waals surface area contributed by atoms with Crippen LogP contribution in [0.2, 0.25) is 0 Å². The van der Waals surface area contributed by atoms with Crippen molar-refractivity contribution >= 4 is 0 Å². The van der Waals surface area contributed by atoms with Crippen molar-refractivity contribution in [3.63, 3.8) is 0 Å². The fourth-order valence-electron chi connectivity index (χ4n) is 1.34. The van der Waals surface area contributed by atoms with Gasteiger partial charge in [0, 0.05) is 6.04 Å². The highest BCUT2D eigenvalue weighted by molar-refractivity contribution is 5.28. The molecule has 1 rings (SSSR count). The average molecular weight is 263 g/mol. The Bertz CT molecular complexity index is 351. The summed E-state index contributed by atoms with van der Waals surface area (Å²) in [6.07, 6.45) is -4.60. The maximum Gasteiger partial charge on any atom is 0.522 e. The zero-order chi connectivity index (χ0) is 13.6. The lowest BCUT2D eigenvalue weighted by Crippen LogP contribution is -2.18. The van der Waals surface area contributed by atoms with Gasteiger partial charge in [-0.2, -0.15) is 0 Å². The Hall–Kier alpha value is -1.27. The van der Waals surface area contributed by atoms with Crippen LogP contribution in [0.5, 0.6) is 5.75 Å². The largest absolute Gasteiger partial charge is 0.522 e. The number of ether oxygens (including phenoxy) is 2. The van der Waals surface area contributed by atoms with Gasteiger partial charge in [0.15, 0.2) is 0 Å². The van der Waals surface area contributed by atoms with Gasteiger partial charge in [0.2, 0.25) is 0 Å². The summed E-state index contributed by atoms with van der Waals surface area (Å²) in [4.78, 5) is 0. The van der Waals surface area contributed by atoms with Crippen molar-refractivity contribution in [3.8, 4) is 5.75 Å². The van der Waals surface area contributed by atoms with E-state index in [1.54, 1.807) is 12.1 Å². The zero-order valence-electron chi connectivity index (χ0n) is 10.3. The SMILES string of the molecule is CNC(C)c1ccc(OCCOC(F)(F)F)cc1. The van der Waals surface area contributed by atoms with Gasteiger partial charge in [-0.25, -0.2) is 0 Å². The van der Waals surface area contributed by atoms with Crippen molar-refractivity contribution in [2.45, 2.75) is 19.3 Å². The van der Waals surface area contributed by atoms with Gasteiger partial charge in [0.1, 0.15) is 12.4 Å². The molecule has 0 aliphatic carbocycles. The van der Waals surface area contributed by atoms with E-state index in [1.807, 2.05) is 26.1 Å². The molecule has 1 aromatic rings. The van der Waals surface area contributed by atoms with Gasteiger partial charge < -0.3 is 10.1 Å². The number of hydrogen-bond donors (Lipinski definition) is 1. The van der Waals surface area contributed by atoms with E-state index < -0.39 is 13.0 Å². The Balaban J connectivity index is 2.35. The van der Waals surface area contributed by atoms with Gasteiger partial charge in [-0.3, -0.25) is 4.74 Å². The number of hydrogen-bond acceptors (Lipinski definition) is 3. The minimum Gasteiger partial charge on any atom is -0.491 e. The molecule has 0 saturated heterocycles. The molecule has 18 heavy (non-hydrogen) atoms. The van der Waals surface area contributed by atoms with Gasteiger partial charge in [0.05, 0.1) is 6.61 Å². The van der Waals surface area contributed by atoms with Crippen molar-refractivity contribution in [2.24, 2.45) is 0 Å². The first-order valence-electron chi connectivity index (χ1n) is 5.53. The lowest BCUT2D eigenvalue weighted by atomic mass is 10.1. The topological polar surface area (TPSA) is 30.5 Å². The van der Waals surface area contributed by atoms with Crippen LogP contribution in [-0.2, 0) is 4.74 Å². The molecule has 0 aliphatic rings. The zero-order valence-corrected chi connectivity index (χ0v) is 10.3. The maximum atomic E-state index is 11.7. The van der Waals surface area contributed by atoms with E-state index in [4.69, 9.17) is 4.74 Å². The van der Waals surface area contributed by atoms with E-state index in [-0.39, 0.29) is 12.6 Å². The smallest absolute Gasteiger partial charge is 0.491 e. The van der Waals surface area contributed by atoms with Crippen molar-refractivity contribution < 1.29 is 22.6 Å². The molecule has 1 atom stereocenters. The molecule has 1 N–H and O–H groups in total. The molecule has 0 heterocycles. The van der Waals surface area contributed by atoms with Gasteiger partial charge in [0.25, 0.3) is 0 Å². The van der Waals surface area contributed by atoms with Crippen LogP contribution in [-0.4, -0.2) is 26.6 Å². The molecule has 1 unspecified atom stereocenters. The van der Waals surface area contributed by atoms with Crippen LogP contribution in [0.1, 0.15) is 18.5 Å². The van der Waals surface area contributed by atoms with Crippen molar-refractivity contribution in [2.75, 3.05) is 20.3 Å². The third-order valence-corrected chi connectivity index (χ3v) is 2.43. The third kappa shape index (κ3) is 5.37. The molecule has 0 fully saturated rings. The van der Waals surface area contributed by atoms with Gasteiger partial charge in [-0.15, -0.1) is 13.2 Å². The second kappa shape index (κ2) is 6.61. The fourth-order valence-corrected chi connectivity index (χ4v) is 1.34. The molecule has 0 radical (unpaired) electrons. The van der Waals surface area contributed by atoms with Crippen molar-refractivity contribution in [1.29, 1.82) is 0 Å². The second-order valence-corrected chi connectivity index (χ2v) is 3.72. The first-order chi connectivity index (χ1) is 8.42. The van der Waals surface area contributed by atoms with Gasteiger partial charge >= 0.3 is 6.36 Å². The Morgan fingerprint density at radius 2 is 1.78 bits per heavy atom. The lowest BCUT2D eigenvalue weighted by molar-refractivity contribution is -0.325. The van der Waals surface area contributed by atoms with E-state index in [0.717, 1.165) is 5.56 Å². The first-order valence-corrected chi connectivity index (χ1v) is 5.53. The summed E-state index contributed by atoms with van der Waals surface area (Å²) in [5.41, 5.74) is 1.08. The second-order valence-electron chi connectivity index (χ2n) is 3.72. The molecular weight excluding hydrogens is 247 g/mol. The van der Waals surface area contributed by atoms with E-state index >= 15 is 0 Å². The number of alkyl halides is 3. The quantitative estimate of drug-likeness (QED) is 0.800. The fraction of sp³-hybridized carbons (Fsp3) is 0.500. The Morgan fingerprint density at radius 1 is 1.17 bits per heavy atom. The van der Waals surface area contributed by atoms with E-state index in [0.29, 0.717) is 5.75 Å². The number of nitrogens with one attached hydrogen (secondary N) is 1. The maximum absolute atomic E-state index is 11.7. The molecule has 3 nitrogen and oxygen atoms in total. The molecule has 0 aromatic heterocycles. The summed E-state index contributed by atoms with van der Waals surface area (Å²) < 4.78 is 43.8. The van der Waals surface area contributed by atoms with Gasteiger partial charge in [-0.05, 0) is 31.7 Å². The summed E-state index contributed by atoms with van der Waals surface area (Å²) in [5, 5.41) is 3.08. The summed E-state index contributed by atoms with van der Waals surface area (Å²) >= 11 is 0. The van der Waals surface area contributed by atoms with Crippen molar-refractivity contribution in [3.05, 3.63) is 29.8 Å². The van der Waals surface area contributed by atoms with Crippen LogP contribution in [0.25, 0.3) is 0 Å². The van der Waals surface area contributed by atoms with E-state index in [9.17, 15) is 13.2 Å². The first kappa shape index (κ1) is 14.8. The number of benzene rings is 1.